The third-order valence-electron chi connectivity index (χ3n) is 3.36. The largest absolute Gasteiger partial charge is 0.501 e. The van der Waals surface area contributed by atoms with Gasteiger partial charge < -0.3 is 5.32 Å². The predicted octanol–water partition coefficient (Wildman–Crippen LogP) is 3.51. The average molecular weight is 422 g/mol. The van der Waals surface area contributed by atoms with Crippen LogP contribution >= 0.6 is 0 Å². The standard InChI is InChI=1S/C15H13F3N2O5S2/c1-26(23)9-10-3-2-4-11(7-10)19-13-6-5-12(8-14(13)20(21)22)27(24,25)15(16,17)18/h2-8,19H,9H2,1H3. The molecule has 0 heterocycles. The molecular weight excluding hydrogens is 409 g/mol. The number of rotatable bonds is 6. The van der Waals surface area contributed by atoms with Crippen LogP contribution in [0.3, 0.4) is 0 Å². The number of halogens is 3. The Kier molecular flexibility index (Phi) is 5.90. The van der Waals surface area contributed by atoms with Gasteiger partial charge in [-0.1, -0.05) is 12.1 Å². The van der Waals surface area contributed by atoms with Gasteiger partial charge in [0.1, 0.15) is 5.69 Å². The van der Waals surface area contributed by atoms with Crippen LogP contribution in [0.4, 0.5) is 30.2 Å². The summed E-state index contributed by atoms with van der Waals surface area (Å²) in [5.74, 6) is 0.250. The van der Waals surface area contributed by atoms with E-state index in [0.29, 0.717) is 23.4 Å². The molecule has 0 aliphatic rings. The van der Waals surface area contributed by atoms with Crippen LogP contribution in [0.25, 0.3) is 0 Å². The molecule has 0 saturated heterocycles. The number of nitrogens with one attached hydrogen (secondary N) is 1. The zero-order valence-electron chi connectivity index (χ0n) is 13.7. The lowest BCUT2D eigenvalue weighted by molar-refractivity contribution is -0.384. The van der Waals surface area contributed by atoms with Crippen LogP contribution in [0.15, 0.2) is 47.4 Å². The number of nitrogens with zero attached hydrogens (tertiary/aromatic N) is 1. The number of alkyl halides is 3. The molecule has 0 bridgehead atoms. The first-order chi connectivity index (χ1) is 12.4. The molecule has 0 spiro atoms. The van der Waals surface area contributed by atoms with E-state index < -0.39 is 41.7 Å². The summed E-state index contributed by atoms with van der Waals surface area (Å²) in [6.07, 6.45) is 1.50. The molecular formula is C15H13F3N2O5S2. The van der Waals surface area contributed by atoms with E-state index in [1.165, 1.54) is 6.26 Å². The summed E-state index contributed by atoms with van der Waals surface area (Å²) in [5.41, 5.74) is -5.53. The SMILES string of the molecule is CS(=O)Cc1cccc(Nc2ccc(S(=O)(=O)C(F)(F)F)cc2[N+](=O)[O-])c1. The number of nitro benzene ring substituents is 1. The Morgan fingerprint density at radius 2 is 1.85 bits per heavy atom. The lowest BCUT2D eigenvalue weighted by Crippen LogP contribution is -2.23. The van der Waals surface area contributed by atoms with Crippen molar-refractivity contribution in [3.05, 3.63) is 58.1 Å². The van der Waals surface area contributed by atoms with E-state index in [4.69, 9.17) is 0 Å². The third-order valence-corrected chi connectivity index (χ3v) is 5.58. The number of sulfone groups is 1. The highest BCUT2D eigenvalue weighted by Gasteiger charge is 2.47. The van der Waals surface area contributed by atoms with Crippen molar-refractivity contribution in [2.45, 2.75) is 16.2 Å². The van der Waals surface area contributed by atoms with Gasteiger partial charge in [-0.15, -0.1) is 0 Å². The summed E-state index contributed by atoms with van der Waals surface area (Å²) in [5, 5.41) is 13.9. The first kappa shape index (κ1) is 20.8. The van der Waals surface area contributed by atoms with Gasteiger partial charge in [0.05, 0.1) is 9.82 Å². The maximum absolute atomic E-state index is 12.6. The van der Waals surface area contributed by atoms with Gasteiger partial charge in [0.15, 0.2) is 0 Å². The fraction of sp³-hybridized carbons (Fsp3) is 0.200. The van der Waals surface area contributed by atoms with Crippen LogP contribution in [-0.2, 0) is 26.4 Å². The van der Waals surface area contributed by atoms with E-state index in [1.54, 1.807) is 24.3 Å². The van der Waals surface area contributed by atoms with Crippen LogP contribution < -0.4 is 5.32 Å². The van der Waals surface area contributed by atoms with Crippen LogP contribution in [0, 0.1) is 10.1 Å². The minimum atomic E-state index is -5.71. The van der Waals surface area contributed by atoms with Gasteiger partial charge in [-0.25, -0.2) is 8.42 Å². The summed E-state index contributed by atoms with van der Waals surface area (Å²) in [6.45, 7) is 0. The summed E-state index contributed by atoms with van der Waals surface area (Å²) in [7, 11) is -6.82. The number of benzene rings is 2. The van der Waals surface area contributed by atoms with Crippen LogP contribution in [-0.4, -0.2) is 29.3 Å². The Bertz CT molecular complexity index is 1010. The highest BCUT2D eigenvalue weighted by Crippen LogP contribution is 2.35. The first-order valence-corrected chi connectivity index (χ1v) is 10.4. The minimum absolute atomic E-state index is 0.184. The van der Waals surface area contributed by atoms with Crippen molar-refractivity contribution in [3.8, 4) is 0 Å². The van der Waals surface area contributed by atoms with Crippen LogP contribution in [0.5, 0.6) is 0 Å². The molecule has 1 N–H and O–H groups in total. The summed E-state index contributed by atoms with van der Waals surface area (Å²) >= 11 is 0. The Hall–Kier alpha value is -2.47. The summed E-state index contributed by atoms with van der Waals surface area (Å²) in [4.78, 5) is 9.00. The smallest absolute Gasteiger partial charge is 0.350 e. The predicted molar refractivity (Wildman–Crippen MR) is 93.8 cm³/mol. The molecule has 0 fully saturated rings. The van der Waals surface area contributed by atoms with Crippen molar-refractivity contribution < 1.29 is 30.7 Å². The highest BCUT2D eigenvalue weighted by atomic mass is 32.2. The third kappa shape index (κ3) is 4.83. The Balaban J connectivity index is 2.44. The zero-order valence-corrected chi connectivity index (χ0v) is 15.3. The van der Waals surface area contributed by atoms with E-state index in [-0.39, 0.29) is 11.4 Å². The Morgan fingerprint density at radius 1 is 1.19 bits per heavy atom. The molecule has 0 amide bonds. The summed E-state index contributed by atoms with van der Waals surface area (Å²) < 4.78 is 72.1. The van der Waals surface area contributed by atoms with Crippen molar-refractivity contribution in [2.24, 2.45) is 0 Å². The number of anilines is 2. The molecule has 27 heavy (non-hydrogen) atoms. The summed E-state index contributed by atoms with van der Waals surface area (Å²) in [6, 6.07) is 8.32. The maximum atomic E-state index is 12.6. The topological polar surface area (TPSA) is 106 Å². The maximum Gasteiger partial charge on any atom is 0.501 e. The quantitative estimate of drug-likeness (QED) is 0.564. The molecule has 2 aromatic carbocycles. The normalized spacial score (nSPS) is 13.2. The lowest BCUT2D eigenvalue weighted by atomic mass is 10.2. The van der Waals surface area contributed by atoms with E-state index in [9.17, 15) is 35.9 Å². The second-order valence-corrected chi connectivity index (χ2v) is 8.80. The van der Waals surface area contributed by atoms with Crippen LogP contribution in [0.2, 0.25) is 0 Å². The Morgan fingerprint density at radius 3 is 2.41 bits per heavy atom. The van der Waals surface area contributed by atoms with Gasteiger partial charge in [0.2, 0.25) is 0 Å². The van der Waals surface area contributed by atoms with Gasteiger partial charge >= 0.3 is 5.51 Å². The van der Waals surface area contributed by atoms with Gasteiger partial charge in [0, 0.05) is 34.6 Å². The van der Waals surface area contributed by atoms with Gasteiger partial charge in [-0.2, -0.15) is 13.2 Å². The molecule has 0 saturated carbocycles. The molecule has 146 valence electrons. The van der Waals surface area contributed by atoms with E-state index in [1.807, 2.05) is 0 Å². The van der Waals surface area contributed by atoms with Crippen molar-refractivity contribution in [2.75, 3.05) is 11.6 Å². The van der Waals surface area contributed by atoms with Crippen molar-refractivity contribution in [1.82, 2.24) is 0 Å². The molecule has 7 nitrogen and oxygen atoms in total. The van der Waals surface area contributed by atoms with Crippen molar-refractivity contribution in [1.29, 1.82) is 0 Å². The van der Waals surface area contributed by atoms with Gasteiger partial charge in [-0.05, 0) is 29.8 Å². The first-order valence-electron chi connectivity index (χ1n) is 7.17. The number of nitro groups is 1. The van der Waals surface area contributed by atoms with Gasteiger partial charge in [0.25, 0.3) is 15.5 Å². The zero-order chi connectivity index (χ0) is 20.4. The number of hydrogen-bond donors (Lipinski definition) is 1. The molecule has 0 aliphatic heterocycles. The second kappa shape index (κ2) is 7.64. The van der Waals surface area contributed by atoms with Gasteiger partial charge in [-0.3, -0.25) is 14.3 Å². The van der Waals surface area contributed by atoms with E-state index >= 15 is 0 Å². The average Bonchev–Trinajstić information content (AvgIpc) is 2.53. The van der Waals surface area contributed by atoms with Crippen molar-refractivity contribution in [3.63, 3.8) is 0 Å². The minimum Gasteiger partial charge on any atom is -0.350 e. The number of hydrogen-bond acceptors (Lipinski definition) is 6. The molecule has 1 unspecified atom stereocenters. The molecule has 0 aromatic heterocycles. The molecule has 0 aliphatic carbocycles. The van der Waals surface area contributed by atoms with E-state index in [0.717, 1.165) is 6.07 Å². The molecule has 1 atom stereocenters. The molecule has 2 rings (SSSR count). The highest BCUT2D eigenvalue weighted by molar-refractivity contribution is 7.92. The Labute approximate surface area is 154 Å². The van der Waals surface area contributed by atoms with Crippen LogP contribution in [0.1, 0.15) is 5.56 Å². The fourth-order valence-electron chi connectivity index (χ4n) is 2.20. The van der Waals surface area contributed by atoms with E-state index in [2.05, 4.69) is 5.32 Å². The van der Waals surface area contributed by atoms with Crippen molar-refractivity contribution >= 4 is 37.7 Å². The molecule has 12 heteroatoms. The fourth-order valence-corrected chi connectivity index (χ4v) is 3.63. The molecule has 0 radical (unpaired) electrons. The second-order valence-electron chi connectivity index (χ2n) is 5.43. The monoisotopic (exact) mass is 422 g/mol. The lowest BCUT2D eigenvalue weighted by Gasteiger charge is -2.11. The molecule has 2 aromatic rings.